The molecule has 1 saturated heterocycles. The normalized spacial score (nSPS) is 25.7. The summed E-state index contributed by atoms with van der Waals surface area (Å²) in [5.74, 6) is -0.762. The van der Waals surface area contributed by atoms with Gasteiger partial charge in [0.15, 0.2) is 0 Å². The Balaban J connectivity index is 1.96. The minimum atomic E-state index is -0.824. The predicted octanol–water partition coefficient (Wildman–Crippen LogP) is 1.80. The van der Waals surface area contributed by atoms with E-state index in [9.17, 15) is 9.59 Å². The van der Waals surface area contributed by atoms with Crippen molar-refractivity contribution in [1.29, 1.82) is 0 Å². The van der Waals surface area contributed by atoms with Crippen molar-refractivity contribution in [3.8, 4) is 0 Å². The first-order valence-electron chi connectivity index (χ1n) is 7.13. The number of nitrogens with zero attached hydrogens (tertiary/aromatic N) is 1. The van der Waals surface area contributed by atoms with Gasteiger partial charge in [-0.15, -0.1) is 0 Å². The van der Waals surface area contributed by atoms with Gasteiger partial charge in [-0.25, -0.2) is 0 Å². The lowest BCUT2D eigenvalue weighted by molar-refractivity contribution is -0.149. The Bertz CT molecular complexity index is 346. The highest BCUT2D eigenvalue weighted by atomic mass is 16.5. The van der Waals surface area contributed by atoms with Crippen molar-refractivity contribution >= 4 is 11.9 Å². The molecule has 0 aromatic heterocycles. The maximum atomic E-state index is 12.4. The number of amides is 1. The zero-order valence-electron chi connectivity index (χ0n) is 11.6. The first kappa shape index (κ1) is 14.3. The van der Waals surface area contributed by atoms with Gasteiger partial charge in [0.1, 0.15) is 0 Å². The highest BCUT2D eigenvalue weighted by Crippen LogP contribution is 2.39. The van der Waals surface area contributed by atoms with Crippen LogP contribution in [0.15, 0.2) is 0 Å². The molecule has 0 aromatic rings. The number of carboxylic acids is 1. The van der Waals surface area contributed by atoms with E-state index in [2.05, 4.69) is 0 Å². The van der Waals surface area contributed by atoms with Crippen LogP contribution in [0.3, 0.4) is 0 Å². The molecule has 0 radical (unpaired) electrons. The lowest BCUT2D eigenvalue weighted by Gasteiger charge is -2.43. The largest absolute Gasteiger partial charge is 0.481 e. The van der Waals surface area contributed by atoms with Crippen LogP contribution in [0.2, 0.25) is 0 Å². The summed E-state index contributed by atoms with van der Waals surface area (Å²) >= 11 is 0. The molecule has 1 unspecified atom stereocenters. The monoisotopic (exact) mass is 269 g/mol. The average molecular weight is 269 g/mol. The molecule has 0 bridgehead atoms. The van der Waals surface area contributed by atoms with Gasteiger partial charge in [-0.2, -0.15) is 0 Å². The number of carbonyl (C=O) groups is 2. The zero-order chi connectivity index (χ0) is 13.9. The Kier molecular flexibility index (Phi) is 4.45. The van der Waals surface area contributed by atoms with Crippen molar-refractivity contribution in [2.45, 2.75) is 63.0 Å². The van der Waals surface area contributed by atoms with E-state index in [1.165, 1.54) is 0 Å². The molecule has 19 heavy (non-hydrogen) atoms. The number of carbonyl (C=O) groups excluding carboxylic acids is 1. The fourth-order valence-corrected chi connectivity index (χ4v) is 3.14. The zero-order valence-corrected chi connectivity index (χ0v) is 11.6. The van der Waals surface area contributed by atoms with E-state index in [0.717, 1.165) is 38.5 Å². The standard InChI is InChI=1S/C14H23NO4/c1-19-14(6-4-7-14)10-12(16)15-8-3-2-5-11(15)9-13(17)18/h11H,2-10H2,1H3,(H,17,18). The highest BCUT2D eigenvalue weighted by Gasteiger charge is 2.41. The van der Waals surface area contributed by atoms with Crippen LogP contribution in [0.25, 0.3) is 0 Å². The third kappa shape index (κ3) is 3.26. The molecule has 2 rings (SSSR count). The predicted molar refractivity (Wildman–Crippen MR) is 69.8 cm³/mol. The maximum Gasteiger partial charge on any atom is 0.305 e. The quantitative estimate of drug-likeness (QED) is 0.826. The summed E-state index contributed by atoms with van der Waals surface area (Å²) in [5.41, 5.74) is -0.275. The van der Waals surface area contributed by atoms with E-state index in [-0.39, 0.29) is 24.0 Å². The number of piperidine rings is 1. The third-order valence-electron chi connectivity index (χ3n) is 4.53. The second kappa shape index (κ2) is 5.90. The number of hydrogen-bond acceptors (Lipinski definition) is 3. The Morgan fingerprint density at radius 2 is 2.05 bits per heavy atom. The van der Waals surface area contributed by atoms with Crippen LogP contribution < -0.4 is 0 Å². The van der Waals surface area contributed by atoms with Crippen molar-refractivity contribution in [2.75, 3.05) is 13.7 Å². The molecule has 1 atom stereocenters. The molecule has 1 saturated carbocycles. The average Bonchev–Trinajstić information content (AvgIpc) is 2.33. The van der Waals surface area contributed by atoms with Gasteiger partial charge in [0.2, 0.25) is 5.91 Å². The molecule has 0 aromatic carbocycles. The molecule has 5 heteroatoms. The summed E-state index contributed by atoms with van der Waals surface area (Å²) < 4.78 is 5.49. The number of rotatable bonds is 5. The molecule has 1 heterocycles. The van der Waals surface area contributed by atoms with E-state index in [4.69, 9.17) is 9.84 Å². The minimum absolute atomic E-state index is 0.0612. The van der Waals surface area contributed by atoms with Gasteiger partial charge >= 0.3 is 5.97 Å². The van der Waals surface area contributed by atoms with E-state index < -0.39 is 5.97 Å². The highest BCUT2D eigenvalue weighted by molar-refractivity contribution is 5.79. The van der Waals surface area contributed by atoms with Crippen LogP contribution >= 0.6 is 0 Å². The summed E-state index contributed by atoms with van der Waals surface area (Å²) in [6, 6.07) is -0.132. The lowest BCUT2D eigenvalue weighted by Crippen LogP contribution is -2.50. The second-order valence-corrected chi connectivity index (χ2v) is 5.75. The van der Waals surface area contributed by atoms with Crippen LogP contribution in [0.5, 0.6) is 0 Å². The molecule has 5 nitrogen and oxygen atoms in total. The summed E-state index contributed by atoms with van der Waals surface area (Å²) in [4.78, 5) is 25.1. The van der Waals surface area contributed by atoms with Gasteiger partial charge in [0.25, 0.3) is 0 Å². The Morgan fingerprint density at radius 3 is 2.58 bits per heavy atom. The van der Waals surface area contributed by atoms with Gasteiger partial charge in [-0.3, -0.25) is 9.59 Å². The maximum absolute atomic E-state index is 12.4. The van der Waals surface area contributed by atoms with Crippen LogP contribution in [-0.2, 0) is 14.3 Å². The number of methoxy groups -OCH3 is 1. The summed E-state index contributed by atoms with van der Waals surface area (Å²) in [7, 11) is 1.66. The number of hydrogen-bond donors (Lipinski definition) is 1. The van der Waals surface area contributed by atoms with Gasteiger partial charge in [0.05, 0.1) is 18.4 Å². The molecule has 2 fully saturated rings. The Hall–Kier alpha value is -1.10. The number of ether oxygens (including phenoxy) is 1. The van der Waals surface area contributed by atoms with E-state index in [1.807, 2.05) is 0 Å². The first-order valence-corrected chi connectivity index (χ1v) is 7.13. The topological polar surface area (TPSA) is 66.8 Å². The first-order chi connectivity index (χ1) is 9.06. The molecule has 1 aliphatic heterocycles. The SMILES string of the molecule is COC1(CC(=O)N2CCCCC2CC(=O)O)CCC1. The summed E-state index contributed by atoms with van der Waals surface area (Å²) in [5, 5.41) is 8.94. The van der Waals surface area contributed by atoms with E-state index >= 15 is 0 Å². The van der Waals surface area contributed by atoms with Crippen molar-refractivity contribution in [3.63, 3.8) is 0 Å². The smallest absolute Gasteiger partial charge is 0.305 e. The van der Waals surface area contributed by atoms with Crippen LogP contribution in [0.4, 0.5) is 0 Å². The summed E-state index contributed by atoms with van der Waals surface area (Å²) in [6.07, 6.45) is 6.24. The molecule has 0 spiro atoms. The van der Waals surface area contributed by atoms with E-state index in [1.54, 1.807) is 12.0 Å². The summed E-state index contributed by atoms with van der Waals surface area (Å²) in [6.45, 7) is 0.691. The van der Waals surface area contributed by atoms with Gasteiger partial charge in [-0.05, 0) is 38.5 Å². The fourth-order valence-electron chi connectivity index (χ4n) is 3.14. The van der Waals surface area contributed by atoms with Crippen molar-refractivity contribution < 1.29 is 19.4 Å². The number of aliphatic carboxylic acids is 1. The van der Waals surface area contributed by atoms with Gasteiger partial charge in [-0.1, -0.05) is 0 Å². The molecule has 108 valence electrons. The van der Waals surface area contributed by atoms with Crippen molar-refractivity contribution in [1.82, 2.24) is 4.90 Å². The minimum Gasteiger partial charge on any atom is -0.481 e. The molecule has 1 N–H and O–H groups in total. The molecule has 1 amide bonds. The Labute approximate surface area is 113 Å². The number of carboxylic acid groups (broad SMARTS) is 1. The molecule has 2 aliphatic rings. The second-order valence-electron chi connectivity index (χ2n) is 5.75. The van der Waals surface area contributed by atoms with Crippen molar-refractivity contribution in [3.05, 3.63) is 0 Å². The number of likely N-dealkylation sites (tertiary alicyclic amines) is 1. The lowest BCUT2D eigenvalue weighted by atomic mass is 9.77. The fraction of sp³-hybridized carbons (Fsp3) is 0.857. The van der Waals surface area contributed by atoms with E-state index in [0.29, 0.717) is 13.0 Å². The van der Waals surface area contributed by atoms with Gasteiger partial charge in [0, 0.05) is 19.7 Å². The van der Waals surface area contributed by atoms with Gasteiger partial charge < -0.3 is 14.7 Å². The molecular formula is C14H23NO4. The third-order valence-corrected chi connectivity index (χ3v) is 4.53. The van der Waals surface area contributed by atoms with Crippen LogP contribution in [-0.4, -0.2) is 47.2 Å². The van der Waals surface area contributed by atoms with Crippen molar-refractivity contribution in [2.24, 2.45) is 0 Å². The Morgan fingerprint density at radius 1 is 1.32 bits per heavy atom. The molecule has 1 aliphatic carbocycles. The van der Waals surface area contributed by atoms with Crippen LogP contribution in [0, 0.1) is 0 Å². The molecular weight excluding hydrogens is 246 g/mol. The van der Waals surface area contributed by atoms with Crippen LogP contribution in [0.1, 0.15) is 51.4 Å².